The molecule has 30 heavy (non-hydrogen) atoms. The lowest BCUT2D eigenvalue weighted by Gasteiger charge is -2.11. The predicted molar refractivity (Wildman–Crippen MR) is 118 cm³/mol. The van der Waals surface area contributed by atoms with Gasteiger partial charge in [0.15, 0.2) is 0 Å². The summed E-state index contributed by atoms with van der Waals surface area (Å²) in [6.07, 6.45) is 1.12. The molecule has 0 bridgehead atoms. The van der Waals surface area contributed by atoms with Gasteiger partial charge in [0.1, 0.15) is 5.82 Å². The number of sulfonamides is 1. The van der Waals surface area contributed by atoms with E-state index in [0.29, 0.717) is 16.8 Å². The lowest BCUT2D eigenvalue weighted by atomic mass is 10.0. The number of benzene rings is 3. The number of hydrogen-bond acceptors (Lipinski definition) is 4. The van der Waals surface area contributed by atoms with Gasteiger partial charge in [-0.3, -0.25) is 14.1 Å². The Morgan fingerprint density at radius 3 is 2.40 bits per heavy atom. The molecule has 3 N–H and O–H groups in total. The van der Waals surface area contributed by atoms with Crippen LogP contribution in [0.5, 0.6) is 0 Å². The maximum Gasteiger partial charge on any atom is 0.248 e. The van der Waals surface area contributed by atoms with Gasteiger partial charge in [-0.2, -0.15) is 0 Å². The Labute approximate surface area is 174 Å². The van der Waals surface area contributed by atoms with Crippen LogP contribution in [0.25, 0.3) is 27.8 Å². The maximum atomic E-state index is 11.5. The summed E-state index contributed by atoms with van der Waals surface area (Å²) < 4.78 is 27.6. The Kier molecular flexibility index (Phi) is 4.79. The lowest BCUT2D eigenvalue weighted by molar-refractivity contribution is 0.100. The van der Waals surface area contributed by atoms with Crippen LogP contribution in [-0.4, -0.2) is 30.1 Å². The van der Waals surface area contributed by atoms with E-state index in [0.717, 1.165) is 34.4 Å². The molecule has 0 unspecified atom stereocenters. The van der Waals surface area contributed by atoms with Crippen LogP contribution in [-0.2, 0) is 10.0 Å². The molecule has 4 rings (SSSR count). The minimum Gasteiger partial charge on any atom is -0.366 e. The van der Waals surface area contributed by atoms with Crippen molar-refractivity contribution in [1.82, 2.24) is 9.55 Å². The second-order valence-corrected chi connectivity index (χ2v) is 8.82. The van der Waals surface area contributed by atoms with Crippen molar-refractivity contribution in [2.75, 3.05) is 11.0 Å². The van der Waals surface area contributed by atoms with E-state index in [4.69, 9.17) is 5.73 Å². The molecule has 1 aromatic heterocycles. The summed E-state index contributed by atoms with van der Waals surface area (Å²) >= 11 is 0. The van der Waals surface area contributed by atoms with Crippen LogP contribution in [0.1, 0.15) is 16.2 Å². The molecule has 7 nitrogen and oxygen atoms in total. The molecule has 0 aliphatic rings. The van der Waals surface area contributed by atoms with Crippen molar-refractivity contribution in [2.24, 2.45) is 5.73 Å². The van der Waals surface area contributed by atoms with E-state index in [1.165, 1.54) is 0 Å². The summed E-state index contributed by atoms with van der Waals surface area (Å²) in [6, 6.07) is 20.3. The number of nitrogens with zero attached hydrogens (tertiary/aromatic N) is 2. The molecule has 4 aromatic rings. The number of nitrogens with two attached hydrogens (primary N) is 1. The van der Waals surface area contributed by atoms with Gasteiger partial charge in [0.2, 0.25) is 15.9 Å². The van der Waals surface area contributed by atoms with E-state index in [-0.39, 0.29) is 0 Å². The van der Waals surface area contributed by atoms with Crippen LogP contribution in [0.2, 0.25) is 0 Å². The lowest BCUT2D eigenvalue weighted by Crippen LogP contribution is -2.10. The number of nitrogens with one attached hydrogen (secondary N) is 1. The number of anilines is 1. The highest BCUT2D eigenvalue weighted by atomic mass is 32.2. The number of amides is 1. The molecule has 1 amide bonds. The fourth-order valence-corrected chi connectivity index (χ4v) is 4.04. The van der Waals surface area contributed by atoms with Gasteiger partial charge < -0.3 is 5.73 Å². The third-order valence-corrected chi connectivity index (χ3v) is 5.32. The van der Waals surface area contributed by atoms with Crippen LogP contribution in [0.3, 0.4) is 0 Å². The number of aryl methyl sites for hydroxylation is 1. The summed E-state index contributed by atoms with van der Waals surface area (Å²) in [5, 5.41) is 0. The highest BCUT2D eigenvalue weighted by Gasteiger charge is 2.12. The zero-order chi connectivity index (χ0) is 21.5. The molecule has 152 valence electrons. The van der Waals surface area contributed by atoms with Crippen LogP contribution in [0.4, 0.5) is 5.69 Å². The zero-order valence-electron chi connectivity index (χ0n) is 16.5. The van der Waals surface area contributed by atoms with Gasteiger partial charge in [-0.25, -0.2) is 13.4 Å². The normalized spacial score (nSPS) is 11.5. The average molecular weight is 420 g/mol. The molecule has 0 saturated carbocycles. The SMILES string of the molecule is Cc1nc2cc(C(N)=O)ccc2n1-c1cccc(-c2cccc(NS(C)(=O)=O)c2)c1. The first kappa shape index (κ1) is 19.7. The molecule has 1 heterocycles. The third kappa shape index (κ3) is 3.90. The van der Waals surface area contributed by atoms with Gasteiger partial charge >= 0.3 is 0 Å². The van der Waals surface area contributed by atoms with E-state index >= 15 is 0 Å². The fourth-order valence-electron chi connectivity index (χ4n) is 3.48. The fraction of sp³-hybridized carbons (Fsp3) is 0.0909. The van der Waals surface area contributed by atoms with E-state index in [1.54, 1.807) is 30.3 Å². The number of aromatic nitrogens is 2. The van der Waals surface area contributed by atoms with Gasteiger partial charge in [-0.15, -0.1) is 0 Å². The quantitative estimate of drug-likeness (QED) is 0.515. The van der Waals surface area contributed by atoms with Gasteiger partial charge in [0.05, 0.1) is 17.3 Å². The first-order chi connectivity index (χ1) is 14.2. The zero-order valence-corrected chi connectivity index (χ0v) is 17.3. The van der Waals surface area contributed by atoms with Crippen LogP contribution < -0.4 is 10.5 Å². The van der Waals surface area contributed by atoms with Gasteiger partial charge in [-0.1, -0.05) is 24.3 Å². The van der Waals surface area contributed by atoms with Crippen molar-refractivity contribution in [1.29, 1.82) is 0 Å². The molecular formula is C22H20N4O3S. The summed E-state index contributed by atoms with van der Waals surface area (Å²) in [7, 11) is -3.35. The Morgan fingerprint density at radius 2 is 1.70 bits per heavy atom. The molecule has 3 aromatic carbocycles. The molecular weight excluding hydrogens is 400 g/mol. The molecule has 0 atom stereocenters. The number of carbonyl (C=O) groups is 1. The predicted octanol–water partition coefficient (Wildman–Crippen LogP) is 3.47. The van der Waals surface area contributed by atoms with Crippen LogP contribution in [0.15, 0.2) is 66.7 Å². The Hall–Kier alpha value is -3.65. The number of hydrogen-bond donors (Lipinski definition) is 2. The highest BCUT2D eigenvalue weighted by Crippen LogP contribution is 2.28. The number of fused-ring (bicyclic) bond motifs is 1. The summed E-state index contributed by atoms with van der Waals surface area (Å²) in [4.78, 5) is 16.0. The number of carbonyl (C=O) groups excluding carboxylic acids is 1. The van der Waals surface area contributed by atoms with Gasteiger partial charge in [0.25, 0.3) is 0 Å². The maximum absolute atomic E-state index is 11.5. The van der Waals surface area contributed by atoms with Crippen molar-refractivity contribution in [3.8, 4) is 16.8 Å². The molecule has 0 radical (unpaired) electrons. The highest BCUT2D eigenvalue weighted by molar-refractivity contribution is 7.92. The van der Waals surface area contributed by atoms with E-state index < -0.39 is 15.9 Å². The molecule has 0 aliphatic heterocycles. The monoisotopic (exact) mass is 420 g/mol. The number of imidazole rings is 1. The Bertz CT molecular complexity index is 1390. The van der Waals surface area contributed by atoms with Crippen molar-refractivity contribution < 1.29 is 13.2 Å². The van der Waals surface area contributed by atoms with E-state index in [2.05, 4.69) is 9.71 Å². The third-order valence-electron chi connectivity index (χ3n) is 4.71. The van der Waals surface area contributed by atoms with Crippen LogP contribution >= 0.6 is 0 Å². The summed E-state index contributed by atoms with van der Waals surface area (Å²) in [6.45, 7) is 1.90. The Balaban J connectivity index is 1.79. The largest absolute Gasteiger partial charge is 0.366 e. The minimum absolute atomic E-state index is 0.413. The number of primary amides is 1. The van der Waals surface area contributed by atoms with Gasteiger partial charge in [-0.05, 0) is 60.5 Å². The molecule has 0 spiro atoms. The smallest absolute Gasteiger partial charge is 0.248 e. The second kappa shape index (κ2) is 7.31. The molecule has 0 saturated heterocycles. The van der Waals surface area contributed by atoms with Gasteiger partial charge in [0, 0.05) is 16.9 Å². The van der Waals surface area contributed by atoms with E-state index in [9.17, 15) is 13.2 Å². The van der Waals surface area contributed by atoms with Crippen molar-refractivity contribution in [3.63, 3.8) is 0 Å². The first-order valence-corrected chi connectivity index (χ1v) is 11.1. The van der Waals surface area contributed by atoms with Crippen molar-refractivity contribution in [2.45, 2.75) is 6.92 Å². The first-order valence-electron chi connectivity index (χ1n) is 9.19. The van der Waals surface area contributed by atoms with Crippen molar-refractivity contribution >= 4 is 32.7 Å². The minimum atomic E-state index is -3.35. The Morgan fingerprint density at radius 1 is 1.00 bits per heavy atom. The number of rotatable bonds is 5. The second-order valence-electron chi connectivity index (χ2n) is 7.07. The topological polar surface area (TPSA) is 107 Å². The summed E-state index contributed by atoms with van der Waals surface area (Å²) in [5.41, 5.74) is 10.6. The average Bonchev–Trinajstić information content (AvgIpc) is 3.01. The molecule has 0 aliphatic carbocycles. The molecule has 0 fully saturated rings. The van der Waals surface area contributed by atoms with Crippen LogP contribution in [0, 0.1) is 6.92 Å². The molecule has 8 heteroatoms. The summed E-state index contributed by atoms with van der Waals surface area (Å²) in [5.74, 6) is 0.282. The van der Waals surface area contributed by atoms with E-state index in [1.807, 2.05) is 47.9 Å². The standard InChI is InChI=1S/C22H20N4O3S/c1-14-24-20-13-17(22(23)27)9-10-21(20)26(14)19-8-4-6-16(12-19)15-5-3-7-18(11-15)25-30(2,28)29/h3-13,25H,1-2H3,(H2,23,27). The van der Waals surface area contributed by atoms with Crippen molar-refractivity contribution in [3.05, 3.63) is 78.1 Å².